The zero-order valence-corrected chi connectivity index (χ0v) is 28.8. The number of halogens is 2. The van der Waals surface area contributed by atoms with E-state index in [0.29, 0.717) is 40.1 Å². The van der Waals surface area contributed by atoms with E-state index in [1.807, 2.05) is 37.3 Å². The molecule has 0 bridgehead atoms. The van der Waals surface area contributed by atoms with Crippen LogP contribution >= 0.6 is 23.2 Å². The number of amides is 2. The Morgan fingerprint density at radius 1 is 0.935 bits per heavy atom. The van der Waals surface area contributed by atoms with Crippen LogP contribution in [0.5, 0.6) is 5.75 Å². The number of hydrogen-bond acceptors (Lipinski definition) is 5. The Morgan fingerprint density at radius 3 is 2.24 bits per heavy atom. The molecule has 1 atom stereocenters. The normalized spacial score (nSPS) is 14.3. The largest absolute Gasteiger partial charge is 0.492 e. The lowest BCUT2D eigenvalue weighted by Crippen LogP contribution is -2.53. The van der Waals surface area contributed by atoms with Gasteiger partial charge in [0.15, 0.2) is 0 Å². The average Bonchev–Trinajstić information content (AvgIpc) is 3.03. The van der Waals surface area contributed by atoms with Crippen molar-refractivity contribution in [3.8, 4) is 5.75 Å². The Bertz CT molecular complexity index is 1550. The maximum absolute atomic E-state index is 14.2. The smallest absolute Gasteiger partial charge is 0.243 e. The fraction of sp³-hybridized carbons (Fsp3) is 0.429. The highest BCUT2D eigenvalue weighted by Crippen LogP contribution is 2.31. The van der Waals surface area contributed by atoms with E-state index in [0.717, 1.165) is 43.9 Å². The Labute approximate surface area is 283 Å². The summed E-state index contributed by atoms with van der Waals surface area (Å²) in [6, 6.07) is 20.9. The van der Waals surface area contributed by atoms with Gasteiger partial charge in [0.2, 0.25) is 21.8 Å². The predicted molar refractivity (Wildman–Crippen MR) is 185 cm³/mol. The van der Waals surface area contributed by atoms with Crippen LogP contribution in [0.1, 0.15) is 63.0 Å². The monoisotopic (exact) mass is 687 g/mol. The SMILES string of the molecule is CCOc1ccccc1N(CCCC(=O)N(Cc1c(Cl)cccc1Cl)C(Cc1ccccc1)C(=O)NC1CCCCC1)S(C)(=O)=O. The van der Waals surface area contributed by atoms with Gasteiger partial charge in [-0.2, -0.15) is 0 Å². The molecule has 0 saturated heterocycles. The van der Waals surface area contributed by atoms with Crippen LogP contribution in [0.2, 0.25) is 10.0 Å². The Balaban J connectivity index is 1.63. The van der Waals surface area contributed by atoms with Crippen molar-refractivity contribution in [1.29, 1.82) is 0 Å². The summed E-state index contributed by atoms with van der Waals surface area (Å²) in [7, 11) is -3.69. The molecule has 1 N–H and O–H groups in total. The summed E-state index contributed by atoms with van der Waals surface area (Å²) >= 11 is 13.1. The Kier molecular flexibility index (Phi) is 13.2. The van der Waals surface area contributed by atoms with Crippen LogP contribution in [0, 0.1) is 0 Å². The highest BCUT2D eigenvalue weighted by molar-refractivity contribution is 7.92. The van der Waals surface area contributed by atoms with E-state index in [4.69, 9.17) is 27.9 Å². The number of para-hydroxylation sites is 2. The fourth-order valence-corrected chi connectivity index (χ4v) is 7.36. The minimum atomic E-state index is -3.69. The summed E-state index contributed by atoms with van der Waals surface area (Å²) in [5.41, 5.74) is 1.86. The number of anilines is 1. The molecular formula is C35H43Cl2N3O5S. The molecule has 4 rings (SSSR count). The van der Waals surface area contributed by atoms with Crippen molar-refractivity contribution in [2.75, 3.05) is 23.7 Å². The quantitative estimate of drug-likeness (QED) is 0.185. The zero-order valence-electron chi connectivity index (χ0n) is 26.5. The summed E-state index contributed by atoms with van der Waals surface area (Å²) in [6.45, 7) is 2.28. The van der Waals surface area contributed by atoms with Crippen molar-refractivity contribution in [3.63, 3.8) is 0 Å². The number of nitrogens with one attached hydrogen (secondary N) is 1. The van der Waals surface area contributed by atoms with E-state index in [2.05, 4.69) is 5.32 Å². The first kappa shape index (κ1) is 35.6. The summed E-state index contributed by atoms with van der Waals surface area (Å²) in [4.78, 5) is 29.8. The third-order valence-corrected chi connectivity index (χ3v) is 10.1. The second-order valence-corrected chi connectivity index (χ2v) is 14.3. The number of hydrogen-bond donors (Lipinski definition) is 1. The number of nitrogens with zero attached hydrogens (tertiary/aromatic N) is 2. The summed E-state index contributed by atoms with van der Waals surface area (Å²) in [5, 5.41) is 4.01. The van der Waals surface area contributed by atoms with Crippen LogP contribution in [0.25, 0.3) is 0 Å². The van der Waals surface area contributed by atoms with Gasteiger partial charge in [-0.05, 0) is 56.0 Å². The van der Waals surface area contributed by atoms with Crippen LogP contribution in [0.4, 0.5) is 5.69 Å². The predicted octanol–water partition coefficient (Wildman–Crippen LogP) is 7.03. The molecule has 1 unspecified atom stereocenters. The van der Waals surface area contributed by atoms with E-state index in [1.165, 1.54) is 4.31 Å². The minimum absolute atomic E-state index is 0.00705. The highest BCUT2D eigenvalue weighted by Gasteiger charge is 2.33. The molecule has 3 aromatic rings. The molecule has 1 aliphatic carbocycles. The van der Waals surface area contributed by atoms with Gasteiger partial charge in [-0.3, -0.25) is 13.9 Å². The molecule has 3 aromatic carbocycles. The molecule has 1 aliphatic rings. The summed E-state index contributed by atoms with van der Waals surface area (Å²) in [5.74, 6) is -0.0861. The second kappa shape index (κ2) is 17.0. The molecule has 1 saturated carbocycles. The van der Waals surface area contributed by atoms with Gasteiger partial charge in [-0.1, -0.05) is 91.0 Å². The lowest BCUT2D eigenvalue weighted by atomic mass is 9.94. The van der Waals surface area contributed by atoms with Crippen molar-refractivity contribution in [3.05, 3.63) is 94.0 Å². The molecule has 0 radical (unpaired) electrons. The van der Waals surface area contributed by atoms with Crippen molar-refractivity contribution in [1.82, 2.24) is 10.2 Å². The first-order valence-corrected chi connectivity index (χ1v) is 18.4. The van der Waals surface area contributed by atoms with Gasteiger partial charge in [0.25, 0.3) is 0 Å². The van der Waals surface area contributed by atoms with Crippen LogP contribution in [-0.2, 0) is 32.6 Å². The number of carbonyl (C=O) groups is 2. The van der Waals surface area contributed by atoms with E-state index < -0.39 is 16.1 Å². The van der Waals surface area contributed by atoms with Gasteiger partial charge in [0, 0.05) is 47.6 Å². The molecule has 0 spiro atoms. The van der Waals surface area contributed by atoms with Gasteiger partial charge in [0.1, 0.15) is 11.8 Å². The van der Waals surface area contributed by atoms with Gasteiger partial charge in [0.05, 0.1) is 18.6 Å². The molecule has 8 nitrogen and oxygen atoms in total. The number of sulfonamides is 1. The zero-order chi connectivity index (χ0) is 33.1. The molecule has 0 aromatic heterocycles. The van der Waals surface area contributed by atoms with Crippen molar-refractivity contribution in [2.24, 2.45) is 0 Å². The van der Waals surface area contributed by atoms with Crippen LogP contribution in [0.3, 0.4) is 0 Å². The molecule has 46 heavy (non-hydrogen) atoms. The molecule has 1 fully saturated rings. The van der Waals surface area contributed by atoms with Crippen LogP contribution < -0.4 is 14.4 Å². The lowest BCUT2D eigenvalue weighted by Gasteiger charge is -2.34. The Hall–Kier alpha value is -3.27. The molecular weight excluding hydrogens is 645 g/mol. The van der Waals surface area contributed by atoms with Gasteiger partial charge in [-0.25, -0.2) is 8.42 Å². The van der Waals surface area contributed by atoms with Gasteiger partial charge >= 0.3 is 0 Å². The molecule has 11 heteroatoms. The van der Waals surface area contributed by atoms with Crippen molar-refractivity contribution >= 4 is 50.7 Å². The maximum Gasteiger partial charge on any atom is 0.243 e. The third-order valence-electron chi connectivity index (χ3n) is 8.20. The minimum Gasteiger partial charge on any atom is -0.492 e. The summed E-state index contributed by atoms with van der Waals surface area (Å²) < 4.78 is 32.7. The molecule has 2 amide bonds. The standard InChI is InChI=1S/C35H43Cl2N3O5S/c1-3-45-33-21-11-10-20-31(33)40(46(2,43)44)23-13-22-34(41)39(25-28-29(36)18-12-19-30(28)37)32(24-26-14-6-4-7-15-26)35(42)38-27-16-8-5-9-17-27/h4,6-7,10-12,14-15,18-21,27,32H,3,5,8-9,13,16-17,22-25H2,1-2H3,(H,38,42). The second-order valence-electron chi connectivity index (χ2n) is 11.6. The van der Waals surface area contributed by atoms with Gasteiger partial charge < -0.3 is 15.0 Å². The highest BCUT2D eigenvalue weighted by atomic mass is 35.5. The first-order valence-electron chi connectivity index (χ1n) is 15.8. The number of benzene rings is 3. The van der Waals surface area contributed by atoms with E-state index >= 15 is 0 Å². The topological polar surface area (TPSA) is 96.0 Å². The lowest BCUT2D eigenvalue weighted by molar-refractivity contribution is -0.141. The number of ether oxygens (including phenoxy) is 1. The van der Waals surface area contributed by atoms with Crippen molar-refractivity contribution in [2.45, 2.75) is 76.9 Å². The summed E-state index contributed by atoms with van der Waals surface area (Å²) in [6.07, 6.45) is 6.69. The fourth-order valence-electron chi connectivity index (χ4n) is 5.88. The Morgan fingerprint density at radius 2 is 1.59 bits per heavy atom. The maximum atomic E-state index is 14.2. The van der Waals surface area contributed by atoms with E-state index in [-0.39, 0.29) is 43.8 Å². The first-order chi connectivity index (χ1) is 22.1. The van der Waals surface area contributed by atoms with Crippen LogP contribution in [-0.4, -0.2) is 56.6 Å². The number of rotatable bonds is 15. The van der Waals surface area contributed by atoms with E-state index in [1.54, 1.807) is 47.4 Å². The number of carbonyl (C=O) groups excluding carboxylic acids is 2. The molecule has 248 valence electrons. The molecule has 0 heterocycles. The van der Waals surface area contributed by atoms with E-state index in [9.17, 15) is 18.0 Å². The average molecular weight is 689 g/mol. The van der Waals surface area contributed by atoms with Crippen molar-refractivity contribution < 1.29 is 22.7 Å². The third kappa shape index (κ3) is 9.86. The van der Waals surface area contributed by atoms with Crippen LogP contribution in [0.15, 0.2) is 72.8 Å². The molecule has 0 aliphatic heterocycles. The van der Waals surface area contributed by atoms with Gasteiger partial charge in [-0.15, -0.1) is 0 Å².